The highest BCUT2D eigenvalue weighted by molar-refractivity contribution is 6.35. The van der Waals surface area contributed by atoms with Crippen molar-refractivity contribution in [2.24, 2.45) is 5.92 Å². The molecule has 0 spiro atoms. The fourth-order valence-corrected chi connectivity index (χ4v) is 8.24. The van der Waals surface area contributed by atoms with Gasteiger partial charge in [-0.3, -0.25) is 14.4 Å². The lowest BCUT2D eigenvalue weighted by Gasteiger charge is -2.41. The Morgan fingerprint density at radius 3 is 2.60 bits per heavy atom. The Bertz CT molecular complexity index is 2180. The number of hydrogen-bond donors (Lipinski definition) is 2. The lowest BCUT2D eigenvalue weighted by Crippen LogP contribution is -2.53. The molecular formula is C43H51ClN4O10. The van der Waals surface area contributed by atoms with Crippen LogP contribution in [0.15, 0.2) is 66.4 Å². The van der Waals surface area contributed by atoms with Crippen LogP contribution in [0.3, 0.4) is 0 Å². The number of carbonyl (C=O) groups is 4. The zero-order valence-corrected chi connectivity index (χ0v) is 34.7. The molecule has 3 aliphatic heterocycles. The summed E-state index contributed by atoms with van der Waals surface area (Å²) in [5.41, 5.74) is 5.43. The van der Waals surface area contributed by atoms with Crippen molar-refractivity contribution in [2.75, 3.05) is 38.9 Å². The second-order valence-corrected chi connectivity index (χ2v) is 16.2. The van der Waals surface area contributed by atoms with E-state index in [1.807, 2.05) is 19.9 Å². The lowest BCUT2D eigenvalue weighted by atomic mass is 9.78. The van der Waals surface area contributed by atoms with E-state index in [0.717, 1.165) is 16.5 Å². The summed E-state index contributed by atoms with van der Waals surface area (Å²) in [6, 6.07) is 9.27. The first-order valence-electron chi connectivity index (χ1n) is 19.1. The van der Waals surface area contributed by atoms with Crippen LogP contribution < -0.4 is 15.4 Å². The predicted octanol–water partition coefficient (Wildman–Crippen LogP) is 5.21. The molecule has 58 heavy (non-hydrogen) atoms. The number of aliphatic hydroxyl groups is 1. The Hall–Kier alpha value is -5.02. The van der Waals surface area contributed by atoms with Gasteiger partial charge in [0.25, 0.3) is 5.91 Å². The summed E-state index contributed by atoms with van der Waals surface area (Å²) in [6.45, 7) is 7.01. The molecule has 2 amide bonds. The number of benzene rings is 2. The van der Waals surface area contributed by atoms with E-state index < -0.39 is 71.3 Å². The van der Waals surface area contributed by atoms with E-state index in [1.54, 1.807) is 68.7 Å². The molecule has 4 bridgehead atoms. The maximum atomic E-state index is 14.3. The number of nitrogen functional groups attached to an aromatic ring is 1. The van der Waals surface area contributed by atoms with E-state index >= 15 is 0 Å². The summed E-state index contributed by atoms with van der Waals surface area (Å²) in [6.07, 6.45) is 3.33. The summed E-state index contributed by atoms with van der Waals surface area (Å²) < 4.78 is 29.6. The normalized spacial score (nSPS) is 29.7. The fraction of sp³-hybridized carbons (Fsp3) is 0.465. The Labute approximate surface area is 342 Å². The van der Waals surface area contributed by atoms with Crippen molar-refractivity contribution in [3.05, 3.63) is 82.5 Å². The van der Waals surface area contributed by atoms with Gasteiger partial charge in [-0.2, -0.15) is 0 Å². The average Bonchev–Trinajstić information content (AvgIpc) is 3.89. The fourth-order valence-electron chi connectivity index (χ4n) is 7.93. The van der Waals surface area contributed by atoms with Crippen molar-refractivity contribution < 1.29 is 48.0 Å². The number of nitrogens with zero attached hydrogens (tertiary/aromatic N) is 3. The molecule has 4 heterocycles. The maximum absolute atomic E-state index is 14.3. The second-order valence-electron chi connectivity index (χ2n) is 15.8. The Kier molecular flexibility index (Phi) is 12.3. The topological polar surface area (TPSA) is 183 Å². The van der Waals surface area contributed by atoms with Gasteiger partial charge < -0.3 is 44.3 Å². The first-order valence-corrected chi connectivity index (χ1v) is 19.5. The van der Waals surface area contributed by atoms with Crippen LogP contribution in [0, 0.1) is 5.92 Å². The number of aromatic nitrogens is 1. The van der Waals surface area contributed by atoms with Crippen LogP contribution in [0.25, 0.3) is 10.8 Å². The predicted molar refractivity (Wildman–Crippen MR) is 218 cm³/mol. The van der Waals surface area contributed by atoms with Gasteiger partial charge in [-0.1, -0.05) is 48.4 Å². The van der Waals surface area contributed by atoms with Gasteiger partial charge in [-0.05, 0) is 68.5 Å². The number of ether oxygens (including phenoxy) is 5. The van der Waals surface area contributed by atoms with Crippen molar-refractivity contribution >= 4 is 57.6 Å². The maximum Gasteiger partial charge on any atom is 0.328 e. The molecule has 15 heteroatoms. The number of anilines is 2. The van der Waals surface area contributed by atoms with E-state index in [2.05, 4.69) is 4.98 Å². The summed E-state index contributed by atoms with van der Waals surface area (Å²) in [7, 11) is 6.02. The highest BCUT2D eigenvalue weighted by Gasteiger charge is 2.64. The molecule has 14 nitrogen and oxygen atoms in total. The number of hydrogen-bond acceptors (Lipinski definition) is 12. The van der Waals surface area contributed by atoms with Crippen LogP contribution in [-0.4, -0.2) is 109 Å². The standard InChI is InChI=1S/C43H51ClN4O10/c1-23-10-9-11-33(55-8)43(53)20-32(56-37(50)21-43)24(2)39-42(4,58-39)34(19-36(49)48(6)30-15-26(14-23)16-31(54-7)38(30)44)57-41(52)25(3)47(5)40(51)28-13-12-27-18-35(45)46-22-29(27)17-28/h9-13,15-18,22,24-25,32-34,39,53H,14,19-21H2,1-8H3,(H2,45,46)/b11-9+,23-10+/t24-,25+,32+,33-,34+,39+,42+,43-/m1/s1. The number of nitrogens with two attached hydrogens (primary N) is 1. The van der Waals surface area contributed by atoms with Gasteiger partial charge in [0.05, 0.1) is 31.7 Å². The number of fused-ring (bicyclic) bond motifs is 6. The minimum atomic E-state index is -1.60. The zero-order valence-electron chi connectivity index (χ0n) is 34.0. The molecule has 0 saturated carbocycles. The third-order valence-electron chi connectivity index (χ3n) is 11.7. The third-order valence-corrected chi connectivity index (χ3v) is 12.1. The molecule has 2 aromatic carbocycles. The van der Waals surface area contributed by atoms with Gasteiger partial charge in [-0.25, -0.2) is 9.78 Å². The monoisotopic (exact) mass is 818 g/mol. The summed E-state index contributed by atoms with van der Waals surface area (Å²) in [5.74, 6) is -2.06. The molecule has 3 N–H and O–H groups in total. The van der Waals surface area contributed by atoms with E-state index in [0.29, 0.717) is 34.6 Å². The molecule has 2 fully saturated rings. The lowest BCUT2D eigenvalue weighted by molar-refractivity contribution is -0.187. The summed E-state index contributed by atoms with van der Waals surface area (Å²) in [5, 5.41) is 13.6. The van der Waals surface area contributed by atoms with Gasteiger partial charge in [0.15, 0.2) is 0 Å². The van der Waals surface area contributed by atoms with Gasteiger partial charge in [0.1, 0.15) is 52.1 Å². The minimum Gasteiger partial charge on any atom is -0.495 e. The van der Waals surface area contributed by atoms with E-state index in [-0.39, 0.29) is 24.3 Å². The Balaban J connectivity index is 1.34. The van der Waals surface area contributed by atoms with Crippen LogP contribution in [0.1, 0.15) is 62.9 Å². The Morgan fingerprint density at radius 2 is 1.90 bits per heavy atom. The number of likely N-dealkylation sites (N-methyl/N-ethyl adjacent to an activating group) is 1. The van der Waals surface area contributed by atoms with Gasteiger partial charge in [-0.15, -0.1) is 0 Å². The first kappa shape index (κ1) is 42.6. The highest BCUT2D eigenvalue weighted by atomic mass is 35.5. The highest BCUT2D eigenvalue weighted by Crippen LogP contribution is 2.50. The number of carbonyl (C=O) groups excluding carboxylic acids is 4. The van der Waals surface area contributed by atoms with Crippen molar-refractivity contribution in [3.63, 3.8) is 0 Å². The Morgan fingerprint density at radius 1 is 1.16 bits per heavy atom. The van der Waals surface area contributed by atoms with E-state index in [9.17, 15) is 24.3 Å². The number of methoxy groups -OCH3 is 2. The number of esters is 2. The van der Waals surface area contributed by atoms with Gasteiger partial charge >= 0.3 is 11.9 Å². The first-order chi connectivity index (χ1) is 27.4. The largest absolute Gasteiger partial charge is 0.495 e. The SMILES string of the molecule is COc1cc2cc(c1Cl)N(C)C(=O)C[C@H](OC(=O)[C@H](C)N(C)C(=O)c1ccc3cc(N)ncc3c1)[C@]1(C)O[C@H]1[C@H](C)[C@@H]1C[C@@](O)(CC(=O)O1)[C@H](OC)/C=C/C=C(\C)C2. The van der Waals surface area contributed by atoms with Crippen molar-refractivity contribution in [1.29, 1.82) is 0 Å². The number of allylic oxidation sites excluding steroid dienone is 3. The molecule has 3 aromatic rings. The summed E-state index contributed by atoms with van der Waals surface area (Å²) >= 11 is 6.80. The van der Waals surface area contributed by atoms with E-state index in [1.165, 1.54) is 38.0 Å². The smallest absolute Gasteiger partial charge is 0.328 e. The van der Waals surface area contributed by atoms with Gasteiger partial charge in [0.2, 0.25) is 5.91 Å². The molecule has 2 saturated heterocycles. The van der Waals surface area contributed by atoms with E-state index in [4.69, 9.17) is 41.0 Å². The number of halogens is 1. The number of pyridine rings is 1. The molecule has 3 aliphatic rings. The number of epoxide rings is 1. The molecule has 8 atom stereocenters. The zero-order chi connectivity index (χ0) is 42.3. The molecule has 0 aliphatic carbocycles. The van der Waals surface area contributed by atoms with Crippen LogP contribution in [-0.2, 0) is 39.8 Å². The molecule has 6 rings (SSSR count). The summed E-state index contributed by atoms with van der Waals surface area (Å²) in [4.78, 5) is 61.8. The molecule has 310 valence electrons. The van der Waals surface area contributed by atoms with Crippen molar-refractivity contribution in [2.45, 2.75) is 95.0 Å². The molecule has 0 radical (unpaired) electrons. The van der Waals surface area contributed by atoms with Crippen molar-refractivity contribution in [1.82, 2.24) is 9.88 Å². The molecule has 0 unspecified atom stereocenters. The average molecular weight is 819 g/mol. The van der Waals surface area contributed by atoms with Crippen LogP contribution in [0.4, 0.5) is 11.5 Å². The number of rotatable bonds is 6. The van der Waals surface area contributed by atoms with Gasteiger partial charge in [0, 0.05) is 50.7 Å². The third kappa shape index (κ3) is 8.56. The van der Waals surface area contributed by atoms with Crippen LogP contribution >= 0.6 is 11.6 Å². The van der Waals surface area contributed by atoms with Crippen molar-refractivity contribution in [3.8, 4) is 5.75 Å². The number of amides is 2. The minimum absolute atomic E-state index is 0.0415. The van der Waals surface area contributed by atoms with Crippen LogP contribution in [0.5, 0.6) is 5.75 Å². The quantitative estimate of drug-likeness (QED) is 0.245. The second kappa shape index (κ2) is 16.7. The molecule has 1 aromatic heterocycles. The van der Waals surface area contributed by atoms with Crippen LogP contribution in [0.2, 0.25) is 5.02 Å². The molecular weight excluding hydrogens is 768 g/mol.